The van der Waals surface area contributed by atoms with Crippen LogP contribution in [0.5, 0.6) is 0 Å². The predicted octanol–water partition coefficient (Wildman–Crippen LogP) is 1.20. The molecule has 0 bridgehead atoms. The number of halogens is 4. The van der Waals surface area contributed by atoms with Crippen molar-refractivity contribution in [2.75, 3.05) is 27.4 Å². The molecular weight excluding hydrogens is 216 g/mol. The van der Waals surface area contributed by atoms with Gasteiger partial charge < -0.3 is 17.7 Å². The molecule has 0 aromatic rings. The van der Waals surface area contributed by atoms with Gasteiger partial charge in [0, 0.05) is 0 Å². The normalized spacial score (nSPS) is 12.0. The molecule has 0 aromatic heterocycles. The lowest BCUT2D eigenvalue weighted by atomic mass is 11.6. The summed E-state index contributed by atoms with van der Waals surface area (Å²) in [4.78, 5) is 0. The molecule has 0 atom stereocenters. The third-order valence-corrected chi connectivity index (χ3v) is 2.78. The minimum atomic E-state index is -4.30. The van der Waals surface area contributed by atoms with E-state index in [-0.39, 0.29) is 0 Å². The SMILES string of the molecule is FCO[Si](OCF)(OCF)OCF. The number of alkyl halides is 4. The second-order valence-electron chi connectivity index (χ2n) is 1.51. The predicted molar refractivity (Wildman–Crippen MR) is 34.0 cm³/mol. The Hall–Kier alpha value is -0.223. The molecule has 13 heavy (non-hydrogen) atoms. The molecular formula is C4H8F4O4Si. The molecule has 0 rings (SSSR count). The minimum Gasteiger partial charge on any atom is -0.322 e. The van der Waals surface area contributed by atoms with Crippen LogP contribution in [0.25, 0.3) is 0 Å². The van der Waals surface area contributed by atoms with Crippen LogP contribution in [0.2, 0.25) is 0 Å². The van der Waals surface area contributed by atoms with Gasteiger partial charge in [-0.3, -0.25) is 0 Å². The van der Waals surface area contributed by atoms with Gasteiger partial charge in [0.15, 0.2) is 27.4 Å². The Kier molecular flexibility index (Phi) is 7.08. The average molecular weight is 224 g/mol. The Morgan fingerprint density at radius 1 is 0.615 bits per heavy atom. The lowest BCUT2D eigenvalue weighted by Crippen LogP contribution is -2.48. The molecule has 0 spiro atoms. The maximum Gasteiger partial charge on any atom is 0.687 e. The average Bonchev–Trinajstić information content (AvgIpc) is 2.06. The molecule has 0 aliphatic heterocycles. The van der Waals surface area contributed by atoms with Crippen LogP contribution in [0.3, 0.4) is 0 Å². The van der Waals surface area contributed by atoms with Crippen LogP contribution in [0.4, 0.5) is 17.6 Å². The van der Waals surface area contributed by atoms with E-state index in [1.165, 1.54) is 0 Å². The summed E-state index contributed by atoms with van der Waals surface area (Å²) in [5, 5.41) is 0. The molecule has 0 heterocycles. The number of hydrogen-bond acceptors (Lipinski definition) is 4. The molecule has 0 saturated carbocycles. The van der Waals surface area contributed by atoms with Crippen LogP contribution in [-0.2, 0) is 17.7 Å². The zero-order valence-electron chi connectivity index (χ0n) is 6.47. The zero-order chi connectivity index (χ0) is 10.2. The number of hydrogen-bond donors (Lipinski definition) is 0. The quantitative estimate of drug-likeness (QED) is 0.458. The standard InChI is InChI=1S/C4H8F4O4Si/c5-1-9-13(10-2-6,11-3-7)12-4-8/h1-4H2. The highest BCUT2D eigenvalue weighted by Gasteiger charge is 2.46. The van der Waals surface area contributed by atoms with E-state index in [0.717, 1.165) is 0 Å². The maximum atomic E-state index is 11.7. The van der Waals surface area contributed by atoms with Crippen molar-refractivity contribution in [3.63, 3.8) is 0 Å². The highest BCUT2D eigenvalue weighted by atomic mass is 28.4. The topological polar surface area (TPSA) is 36.9 Å². The molecule has 0 radical (unpaired) electrons. The van der Waals surface area contributed by atoms with Gasteiger partial charge in [0.1, 0.15) is 0 Å². The molecule has 0 N–H and O–H groups in total. The third-order valence-electron chi connectivity index (χ3n) is 0.925. The van der Waals surface area contributed by atoms with Gasteiger partial charge in [0.2, 0.25) is 0 Å². The first-order chi connectivity index (χ1) is 6.24. The molecule has 4 nitrogen and oxygen atoms in total. The van der Waals surface area contributed by atoms with E-state index in [0.29, 0.717) is 0 Å². The Morgan fingerprint density at radius 3 is 1.00 bits per heavy atom. The fourth-order valence-corrected chi connectivity index (χ4v) is 1.55. The van der Waals surface area contributed by atoms with E-state index in [1.807, 2.05) is 0 Å². The van der Waals surface area contributed by atoms with Gasteiger partial charge in [-0.2, -0.15) is 0 Å². The molecule has 0 fully saturated rings. The second kappa shape index (κ2) is 7.21. The molecule has 0 saturated heterocycles. The van der Waals surface area contributed by atoms with E-state index in [2.05, 4.69) is 17.7 Å². The molecule has 9 heteroatoms. The highest BCUT2D eigenvalue weighted by Crippen LogP contribution is 2.12. The first-order valence-electron chi connectivity index (χ1n) is 3.04. The molecule has 0 unspecified atom stereocenters. The Balaban J connectivity index is 4.19. The molecule has 0 amide bonds. The van der Waals surface area contributed by atoms with E-state index in [1.54, 1.807) is 0 Å². The maximum absolute atomic E-state index is 11.7. The summed E-state index contributed by atoms with van der Waals surface area (Å²) in [7, 11) is -4.30. The summed E-state index contributed by atoms with van der Waals surface area (Å²) in [5.74, 6) is 0. The Labute approximate surface area is 72.8 Å². The van der Waals surface area contributed by atoms with E-state index in [4.69, 9.17) is 0 Å². The van der Waals surface area contributed by atoms with Gasteiger partial charge in [0.25, 0.3) is 0 Å². The Morgan fingerprint density at radius 2 is 0.846 bits per heavy atom. The zero-order valence-corrected chi connectivity index (χ0v) is 7.47. The smallest absolute Gasteiger partial charge is 0.322 e. The van der Waals surface area contributed by atoms with Crippen molar-refractivity contribution in [1.82, 2.24) is 0 Å². The first-order valence-corrected chi connectivity index (χ1v) is 4.67. The summed E-state index contributed by atoms with van der Waals surface area (Å²) < 4.78 is 62.8. The van der Waals surface area contributed by atoms with Crippen molar-refractivity contribution in [2.24, 2.45) is 0 Å². The molecule has 0 aliphatic rings. The summed E-state index contributed by atoms with van der Waals surface area (Å²) in [6, 6.07) is 0. The highest BCUT2D eigenvalue weighted by molar-refractivity contribution is 6.53. The molecule has 0 aromatic carbocycles. The van der Waals surface area contributed by atoms with Crippen molar-refractivity contribution in [3.8, 4) is 0 Å². The van der Waals surface area contributed by atoms with Gasteiger partial charge in [-0.1, -0.05) is 0 Å². The largest absolute Gasteiger partial charge is 0.687 e. The van der Waals surface area contributed by atoms with Crippen LogP contribution in [0.15, 0.2) is 0 Å². The Bertz CT molecular complexity index is 99.2. The fourth-order valence-electron chi connectivity index (χ4n) is 0.517. The fraction of sp³-hybridized carbons (Fsp3) is 1.00. The van der Waals surface area contributed by atoms with Gasteiger partial charge in [0.05, 0.1) is 0 Å². The van der Waals surface area contributed by atoms with Crippen LogP contribution in [-0.4, -0.2) is 36.5 Å². The van der Waals surface area contributed by atoms with Crippen LogP contribution >= 0.6 is 0 Å². The van der Waals surface area contributed by atoms with E-state index < -0.39 is 36.5 Å². The summed E-state index contributed by atoms with van der Waals surface area (Å²) in [6.45, 7) is -5.81. The van der Waals surface area contributed by atoms with Crippen molar-refractivity contribution < 1.29 is 35.3 Å². The van der Waals surface area contributed by atoms with E-state index >= 15 is 0 Å². The minimum absolute atomic E-state index is 1.45. The van der Waals surface area contributed by atoms with Gasteiger partial charge >= 0.3 is 9.05 Å². The summed E-state index contributed by atoms with van der Waals surface area (Å²) in [6.07, 6.45) is 0. The van der Waals surface area contributed by atoms with Crippen molar-refractivity contribution in [3.05, 3.63) is 0 Å². The van der Waals surface area contributed by atoms with Crippen LogP contribution in [0.1, 0.15) is 0 Å². The van der Waals surface area contributed by atoms with Gasteiger partial charge in [-0.15, -0.1) is 0 Å². The second-order valence-corrected chi connectivity index (χ2v) is 3.67. The van der Waals surface area contributed by atoms with Crippen molar-refractivity contribution in [2.45, 2.75) is 0 Å². The number of rotatable bonds is 8. The summed E-state index contributed by atoms with van der Waals surface area (Å²) in [5.41, 5.74) is 0. The van der Waals surface area contributed by atoms with Crippen LogP contribution < -0.4 is 0 Å². The lowest BCUT2D eigenvalue weighted by molar-refractivity contribution is -0.0926. The monoisotopic (exact) mass is 224 g/mol. The van der Waals surface area contributed by atoms with Gasteiger partial charge in [-0.05, 0) is 0 Å². The van der Waals surface area contributed by atoms with Crippen molar-refractivity contribution in [1.29, 1.82) is 0 Å². The van der Waals surface area contributed by atoms with Crippen molar-refractivity contribution >= 4 is 9.05 Å². The van der Waals surface area contributed by atoms with Crippen LogP contribution in [0, 0.1) is 0 Å². The van der Waals surface area contributed by atoms with E-state index in [9.17, 15) is 17.6 Å². The molecule has 80 valence electrons. The van der Waals surface area contributed by atoms with Gasteiger partial charge in [-0.25, -0.2) is 17.6 Å². The molecule has 0 aliphatic carbocycles. The summed E-state index contributed by atoms with van der Waals surface area (Å²) >= 11 is 0. The first kappa shape index (κ1) is 12.8. The lowest BCUT2D eigenvalue weighted by Gasteiger charge is -2.22. The third kappa shape index (κ3) is 4.52.